The molecule has 35 heavy (non-hydrogen) atoms. The predicted molar refractivity (Wildman–Crippen MR) is 137 cm³/mol. The fraction of sp³-hybridized carbons (Fsp3) is 0.448. The summed E-state index contributed by atoms with van der Waals surface area (Å²) in [6.45, 7) is 3.89. The molecule has 182 valence electrons. The Hall–Kier alpha value is -3.12. The minimum atomic E-state index is 0.205. The molecule has 1 saturated heterocycles. The summed E-state index contributed by atoms with van der Waals surface area (Å²) in [5.41, 5.74) is 4.15. The van der Waals surface area contributed by atoms with Crippen molar-refractivity contribution >= 4 is 28.3 Å². The van der Waals surface area contributed by atoms with Gasteiger partial charge in [0.15, 0.2) is 5.78 Å². The fourth-order valence-corrected chi connectivity index (χ4v) is 5.97. The van der Waals surface area contributed by atoms with Gasteiger partial charge in [0, 0.05) is 54.4 Å². The second-order valence-electron chi connectivity index (χ2n) is 10.2. The number of anilines is 1. The Morgan fingerprint density at radius 1 is 1.00 bits per heavy atom. The monoisotopic (exact) mass is 471 g/mol. The van der Waals surface area contributed by atoms with E-state index in [9.17, 15) is 9.59 Å². The van der Waals surface area contributed by atoms with Crippen molar-refractivity contribution < 1.29 is 14.3 Å². The molecule has 6 heteroatoms. The number of likely N-dealkylation sites (tertiary alicyclic amines) is 1. The van der Waals surface area contributed by atoms with Gasteiger partial charge in [0.2, 0.25) is 5.91 Å². The molecule has 0 spiro atoms. The van der Waals surface area contributed by atoms with E-state index in [-0.39, 0.29) is 17.6 Å². The van der Waals surface area contributed by atoms with E-state index in [0.717, 1.165) is 91.7 Å². The summed E-state index contributed by atoms with van der Waals surface area (Å²) < 4.78 is 7.87. The Morgan fingerprint density at radius 3 is 2.57 bits per heavy atom. The maximum Gasteiger partial charge on any atom is 0.231 e. The van der Waals surface area contributed by atoms with Crippen molar-refractivity contribution in [3.05, 3.63) is 59.8 Å². The Labute approximate surface area is 206 Å². The molecule has 0 N–H and O–H groups in total. The highest BCUT2D eigenvalue weighted by Gasteiger charge is 2.35. The number of methoxy groups -OCH3 is 1. The number of hydrogen-bond acceptors (Lipinski definition) is 4. The third-order valence-corrected chi connectivity index (χ3v) is 7.95. The molecule has 0 unspecified atom stereocenters. The minimum absolute atomic E-state index is 0.205. The lowest BCUT2D eigenvalue weighted by Gasteiger charge is -2.37. The molecular formula is C29H33N3O3. The van der Waals surface area contributed by atoms with Crippen LogP contribution < -0.4 is 9.64 Å². The summed E-state index contributed by atoms with van der Waals surface area (Å²) >= 11 is 0. The van der Waals surface area contributed by atoms with E-state index in [0.29, 0.717) is 12.5 Å². The lowest BCUT2D eigenvalue weighted by Crippen LogP contribution is -2.46. The van der Waals surface area contributed by atoms with Crippen LogP contribution in [0.25, 0.3) is 10.9 Å². The number of Topliss-reactive ketones (excluding diaryl/α,β-unsaturated/α-hetero) is 1. The maximum absolute atomic E-state index is 12.9. The number of piperidine rings is 1. The molecule has 6 rings (SSSR count). The highest BCUT2D eigenvalue weighted by molar-refractivity contribution is 6.11. The Bertz CT molecular complexity index is 1270. The highest BCUT2D eigenvalue weighted by Crippen LogP contribution is 2.38. The van der Waals surface area contributed by atoms with E-state index in [2.05, 4.69) is 32.7 Å². The average Bonchev–Trinajstić information content (AvgIpc) is 3.59. The van der Waals surface area contributed by atoms with Gasteiger partial charge in [-0.1, -0.05) is 30.3 Å². The van der Waals surface area contributed by atoms with Crippen molar-refractivity contribution in [1.82, 2.24) is 9.47 Å². The molecule has 1 aromatic heterocycles. The number of aryl methyl sites for hydroxylation is 1. The van der Waals surface area contributed by atoms with Gasteiger partial charge in [-0.25, -0.2) is 0 Å². The Balaban J connectivity index is 1.09. The third kappa shape index (κ3) is 4.14. The van der Waals surface area contributed by atoms with Gasteiger partial charge >= 0.3 is 0 Å². The molecule has 6 nitrogen and oxygen atoms in total. The standard InChI is InChI=1S/C29H33N3O3/c1-35-26-9-4-7-23-24(29(34)20-10-11-20)19-31(28(23)26)15-5-14-30-16-12-22(13-17-30)32-25-8-3-2-6-21(25)18-27(32)33/h2-4,6-9,19-20,22H,5,10-18H2,1H3. The first-order chi connectivity index (χ1) is 17.1. The molecule has 0 radical (unpaired) electrons. The van der Waals surface area contributed by atoms with Crippen LogP contribution >= 0.6 is 0 Å². The van der Waals surface area contributed by atoms with E-state index >= 15 is 0 Å². The Kier molecular flexibility index (Phi) is 5.85. The summed E-state index contributed by atoms with van der Waals surface area (Å²) in [6, 6.07) is 14.5. The zero-order valence-electron chi connectivity index (χ0n) is 20.4. The van der Waals surface area contributed by atoms with E-state index in [1.165, 1.54) is 0 Å². The number of fused-ring (bicyclic) bond motifs is 2. The van der Waals surface area contributed by atoms with Gasteiger partial charge in [-0.3, -0.25) is 9.59 Å². The molecule has 0 atom stereocenters. The molecule has 1 saturated carbocycles. The number of amides is 1. The van der Waals surface area contributed by atoms with Crippen molar-refractivity contribution in [2.45, 2.75) is 51.1 Å². The van der Waals surface area contributed by atoms with Crippen LogP contribution in [-0.2, 0) is 17.8 Å². The molecule has 3 aromatic rings. The first-order valence-corrected chi connectivity index (χ1v) is 13.0. The number of carbonyl (C=O) groups is 2. The van der Waals surface area contributed by atoms with Gasteiger partial charge in [0.05, 0.1) is 19.0 Å². The highest BCUT2D eigenvalue weighted by atomic mass is 16.5. The van der Waals surface area contributed by atoms with E-state index in [1.54, 1.807) is 7.11 Å². The van der Waals surface area contributed by atoms with Crippen LogP contribution in [0, 0.1) is 5.92 Å². The zero-order valence-corrected chi connectivity index (χ0v) is 20.4. The normalized spacial score (nSPS) is 18.9. The van der Waals surface area contributed by atoms with Gasteiger partial charge < -0.3 is 19.1 Å². The third-order valence-electron chi connectivity index (χ3n) is 7.95. The molecule has 1 amide bonds. The molecule has 1 aliphatic carbocycles. The van der Waals surface area contributed by atoms with E-state index < -0.39 is 0 Å². The number of para-hydroxylation sites is 2. The summed E-state index contributed by atoms with van der Waals surface area (Å²) in [5, 5.41) is 1.01. The minimum Gasteiger partial charge on any atom is -0.495 e. The number of aromatic nitrogens is 1. The summed E-state index contributed by atoms with van der Waals surface area (Å²) in [7, 11) is 1.70. The first kappa shape index (κ1) is 22.4. The number of ether oxygens (including phenoxy) is 1. The molecule has 3 aliphatic rings. The smallest absolute Gasteiger partial charge is 0.231 e. The zero-order chi connectivity index (χ0) is 23.9. The van der Waals surface area contributed by atoms with Crippen LogP contribution in [0.15, 0.2) is 48.7 Å². The number of rotatable bonds is 8. The van der Waals surface area contributed by atoms with Gasteiger partial charge in [0.25, 0.3) is 0 Å². The Morgan fingerprint density at radius 2 is 1.80 bits per heavy atom. The summed E-state index contributed by atoms with van der Waals surface area (Å²) in [6.07, 6.45) is 7.66. The lowest BCUT2D eigenvalue weighted by molar-refractivity contribution is -0.118. The molecule has 2 fully saturated rings. The van der Waals surface area contributed by atoms with Crippen molar-refractivity contribution in [2.24, 2.45) is 5.92 Å². The van der Waals surface area contributed by atoms with Crippen molar-refractivity contribution in [1.29, 1.82) is 0 Å². The largest absolute Gasteiger partial charge is 0.495 e. The van der Waals surface area contributed by atoms with Crippen LogP contribution in [0.1, 0.15) is 48.0 Å². The predicted octanol–water partition coefficient (Wildman–Crippen LogP) is 4.69. The molecule has 2 aliphatic heterocycles. The summed E-state index contributed by atoms with van der Waals surface area (Å²) in [4.78, 5) is 30.2. The lowest BCUT2D eigenvalue weighted by atomic mass is 10.0. The number of ketones is 1. The molecule has 0 bridgehead atoms. The van der Waals surface area contributed by atoms with Crippen LogP contribution in [0.4, 0.5) is 5.69 Å². The maximum atomic E-state index is 12.9. The number of hydrogen-bond donors (Lipinski definition) is 0. The van der Waals surface area contributed by atoms with Crippen molar-refractivity contribution in [2.75, 3.05) is 31.6 Å². The fourth-order valence-electron chi connectivity index (χ4n) is 5.97. The van der Waals surface area contributed by atoms with E-state index in [4.69, 9.17) is 4.74 Å². The molecule has 3 heterocycles. The van der Waals surface area contributed by atoms with Crippen LogP contribution in [0.2, 0.25) is 0 Å². The van der Waals surface area contributed by atoms with Gasteiger partial charge in [-0.15, -0.1) is 0 Å². The topological polar surface area (TPSA) is 54.8 Å². The van der Waals surface area contributed by atoms with Crippen LogP contribution in [-0.4, -0.2) is 53.9 Å². The van der Waals surface area contributed by atoms with Crippen LogP contribution in [0.3, 0.4) is 0 Å². The SMILES string of the molecule is COc1cccc2c(C(=O)C3CC3)cn(CCCN3CCC(N4C(=O)Cc5ccccc54)CC3)c12. The van der Waals surface area contributed by atoms with Crippen molar-refractivity contribution in [3.63, 3.8) is 0 Å². The van der Waals surface area contributed by atoms with Crippen LogP contribution in [0.5, 0.6) is 5.75 Å². The number of benzene rings is 2. The van der Waals surface area contributed by atoms with E-state index in [1.807, 2.05) is 30.3 Å². The van der Waals surface area contributed by atoms with Gasteiger partial charge in [-0.05, 0) is 56.3 Å². The average molecular weight is 472 g/mol. The number of nitrogens with zero attached hydrogens (tertiary/aromatic N) is 3. The molecular weight excluding hydrogens is 438 g/mol. The second-order valence-corrected chi connectivity index (χ2v) is 10.2. The van der Waals surface area contributed by atoms with Gasteiger partial charge in [-0.2, -0.15) is 0 Å². The molecule has 2 aromatic carbocycles. The summed E-state index contributed by atoms with van der Waals surface area (Å²) in [5.74, 6) is 1.56. The second kappa shape index (κ2) is 9.15. The first-order valence-electron chi connectivity index (χ1n) is 13.0. The quantitative estimate of drug-likeness (QED) is 0.448. The van der Waals surface area contributed by atoms with Gasteiger partial charge in [0.1, 0.15) is 5.75 Å². The number of carbonyl (C=O) groups excluding carboxylic acids is 2. The van der Waals surface area contributed by atoms with Crippen molar-refractivity contribution in [3.8, 4) is 5.75 Å².